The molecular formula is C14H18FN5O. The van der Waals surface area contributed by atoms with Crippen LogP contribution in [0.15, 0.2) is 18.2 Å². The number of hydrogen-bond donors (Lipinski definition) is 2. The first-order chi connectivity index (χ1) is 9.95. The fraction of sp³-hybridized carbons (Fsp3) is 0.357. The molecule has 7 heteroatoms. The third kappa shape index (κ3) is 4.01. The molecule has 0 saturated carbocycles. The third-order valence-corrected chi connectivity index (χ3v) is 3.02. The van der Waals surface area contributed by atoms with Crippen LogP contribution in [0.2, 0.25) is 0 Å². The Morgan fingerprint density at radius 3 is 2.81 bits per heavy atom. The lowest BCUT2D eigenvalue weighted by atomic mass is 10.2. The maximum atomic E-state index is 12.9. The lowest BCUT2D eigenvalue weighted by Gasteiger charge is -2.08. The third-order valence-electron chi connectivity index (χ3n) is 3.02. The molecule has 2 rings (SSSR count). The average Bonchev–Trinajstić information content (AvgIpc) is 2.71. The summed E-state index contributed by atoms with van der Waals surface area (Å²) in [6.45, 7) is 4.33. The van der Waals surface area contributed by atoms with Crippen molar-refractivity contribution in [3.05, 3.63) is 35.7 Å². The van der Waals surface area contributed by atoms with E-state index in [1.807, 2.05) is 13.8 Å². The topological polar surface area (TPSA) is 85.8 Å². The van der Waals surface area contributed by atoms with Crippen LogP contribution in [0.1, 0.15) is 24.5 Å². The van der Waals surface area contributed by atoms with E-state index in [9.17, 15) is 9.18 Å². The Bertz CT molecular complexity index is 653. The molecule has 1 aromatic carbocycles. The van der Waals surface area contributed by atoms with E-state index < -0.39 is 5.82 Å². The van der Waals surface area contributed by atoms with E-state index in [-0.39, 0.29) is 11.6 Å². The molecule has 0 aliphatic carbocycles. The Balaban J connectivity index is 1.83. The standard InChI is InChI=1S/C14H18FN5O/c1-9-17-10(2)20(19-9)7-3-4-14(21)18-13-6-5-11(15)8-12(13)16/h5-6,8H,3-4,7,16H2,1-2H3,(H,18,21). The number of carbonyl (C=O) groups excluding carboxylic acids is 1. The first-order valence-electron chi connectivity index (χ1n) is 6.68. The van der Waals surface area contributed by atoms with Gasteiger partial charge in [-0.1, -0.05) is 0 Å². The molecule has 1 heterocycles. The SMILES string of the molecule is Cc1nc(C)n(CCCC(=O)Nc2ccc(F)cc2N)n1. The summed E-state index contributed by atoms with van der Waals surface area (Å²) in [5, 5.41) is 6.89. The zero-order valence-corrected chi connectivity index (χ0v) is 12.1. The molecule has 0 unspecified atom stereocenters. The van der Waals surface area contributed by atoms with Crippen LogP contribution in [0.4, 0.5) is 15.8 Å². The fourth-order valence-electron chi connectivity index (χ4n) is 2.02. The maximum absolute atomic E-state index is 12.9. The van der Waals surface area contributed by atoms with Gasteiger partial charge in [0, 0.05) is 13.0 Å². The van der Waals surface area contributed by atoms with Gasteiger partial charge in [0.05, 0.1) is 11.4 Å². The zero-order valence-electron chi connectivity index (χ0n) is 12.1. The van der Waals surface area contributed by atoms with Gasteiger partial charge in [-0.2, -0.15) is 5.10 Å². The van der Waals surface area contributed by atoms with Gasteiger partial charge < -0.3 is 11.1 Å². The summed E-state index contributed by atoms with van der Waals surface area (Å²) in [6.07, 6.45) is 0.964. The highest BCUT2D eigenvalue weighted by atomic mass is 19.1. The summed E-state index contributed by atoms with van der Waals surface area (Å²) < 4.78 is 14.7. The second kappa shape index (κ2) is 6.34. The van der Waals surface area contributed by atoms with E-state index in [4.69, 9.17) is 5.73 Å². The van der Waals surface area contributed by atoms with Crippen LogP contribution >= 0.6 is 0 Å². The Labute approximate surface area is 122 Å². The molecule has 0 aliphatic heterocycles. The maximum Gasteiger partial charge on any atom is 0.224 e. The van der Waals surface area contributed by atoms with Crippen molar-refractivity contribution >= 4 is 17.3 Å². The normalized spacial score (nSPS) is 10.6. The molecule has 112 valence electrons. The van der Waals surface area contributed by atoms with Crippen LogP contribution in [-0.2, 0) is 11.3 Å². The van der Waals surface area contributed by atoms with Crippen molar-refractivity contribution in [3.8, 4) is 0 Å². The number of hydrogen-bond acceptors (Lipinski definition) is 4. The number of nitrogens with one attached hydrogen (secondary N) is 1. The van der Waals surface area contributed by atoms with E-state index in [1.54, 1.807) is 4.68 Å². The molecule has 0 fully saturated rings. The minimum atomic E-state index is -0.428. The van der Waals surface area contributed by atoms with Crippen molar-refractivity contribution in [3.63, 3.8) is 0 Å². The first-order valence-corrected chi connectivity index (χ1v) is 6.68. The van der Waals surface area contributed by atoms with Crippen molar-refractivity contribution in [1.82, 2.24) is 14.8 Å². The summed E-state index contributed by atoms with van der Waals surface area (Å²) in [5.41, 5.74) is 6.27. The number of aromatic nitrogens is 3. The van der Waals surface area contributed by atoms with Gasteiger partial charge in [0.1, 0.15) is 17.5 Å². The Morgan fingerprint density at radius 1 is 1.43 bits per heavy atom. The lowest BCUT2D eigenvalue weighted by Crippen LogP contribution is -2.14. The number of aryl methyl sites for hydroxylation is 3. The molecule has 0 spiro atoms. The largest absolute Gasteiger partial charge is 0.397 e. The van der Waals surface area contributed by atoms with Gasteiger partial charge in [0.2, 0.25) is 5.91 Å². The van der Waals surface area contributed by atoms with Crippen LogP contribution in [0.3, 0.4) is 0 Å². The molecule has 1 aromatic heterocycles. The van der Waals surface area contributed by atoms with Crippen LogP contribution in [0.25, 0.3) is 0 Å². The number of amides is 1. The molecule has 0 atom stereocenters. The molecule has 2 aromatic rings. The van der Waals surface area contributed by atoms with Crippen molar-refractivity contribution in [2.75, 3.05) is 11.1 Å². The summed E-state index contributed by atoms with van der Waals surface area (Å²) in [5.74, 6) is 0.956. The van der Waals surface area contributed by atoms with Gasteiger partial charge in [-0.3, -0.25) is 9.48 Å². The quantitative estimate of drug-likeness (QED) is 0.825. The van der Waals surface area contributed by atoms with E-state index >= 15 is 0 Å². The summed E-state index contributed by atoms with van der Waals surface area (Å²) >= 11 is 0. The van der Waals surface area contributed by atoms with Gasteiger partial charge in [-0.05, 0) is 38.5 Å². The van der Waals surface area contributed by atoms with Gasteiger partial charge >= 0.3 is 0 Å². The van der Waals surface area contributed by atoms with E-state index in [1.165, 1.54) is 18.2 Å². The van der Waals surface area contributed by atoms with Crippen molar-refractivity contribution in [1.29, 1.82) is 0 Å². The van der Waals surface area contributed by atoms with E-state index in [2.05, 4.69) is 15.4 Å². The predicted molar refractivity (Wildman–Crippen MR) is 78.2 cm³/mol. The monoisotopic (exact) mass is 291 g/mol. The second-order valence-corrected chi connectivity index (χ2v) is 4.81. The van der Waals surface area contributed by atoms with Crippen LogP contribution in [-0.4, -0.2) is 20.7 Å². The number of anilines is 2. The molecule has 0 aliphatic rings. The summed E-state index contributed by atoms with van der Waals surface area (Å²) in [7, 11) is 0. The minimum absolute atomic E-state index is 0.164. The molecule has 3 N–H and O–H groups in total. The Kier molecular flexibility index (Phi) is 4.52. The number of halogens is 1. The number of benzene rings is 1. The summed E-state index contributed by atoms with van der Waals surface area (Å²) in [6, 6.07) is 3.89. The molecule has 0 radical (unpaired) electrons. The second-order valence-electron chi connectivity index (χ2n) is 4.81. The van der Waals surface area contributed by atoms with Gasteiger partial charge in [-0.25, -0.2) is 9.37 Å². The van der Waals surface area contributed by atoms with Gasteiger partial charge in [0.25, 0.3) is 0 Å². The number of carbonyl (C=O) groups is 1. The number of nitrogens with two attached hydrogens (primary N) is 1. The molecule has 21 heavy (non-hydrogen) atoms. The number of nitrogens with zero attached hydrogens (tertiary/aromatic N) is 3. The minimum Gasteiger partial charge on any atom is -0.397 e. The molecule has 1 amide bonds. The lowest BCUT2D eigenvalue weighted by molar-refractivity contribution is -0.116. The summed E-state index contributed by atoms with van der Waals surface area (Å²) in [4.78, 5) is 16.0. The van der Waals surface area contributed by atoms with Crippen LogP contribution in [0, 0.1) is 19.7 Å². The smallest absolute Gasteiger partial charge is 0.224 e. The highest BCUT2D eigenvalue weighted by molar-refractivity contribution is 5.93. The molecule has 6 nitrogen and oxygen atoms in total. The fourth-order valence-corrected chi connectivity index (χ4v) is 2.02. The highest BCUT2D eigenvalue weighted by Crippen LogP contribution is 2.19. The van der Waals surface area contributed by atoms with Crippen molar-refractivity contribution in [2.45, 2.75) is 33.2 Å². The number of nitrogen functional groups attached to an aromatic ring is 1. The van der Waals surface area contributed by atoms with E-state index in [0.29, 0.717) is 25.1 Å². The number of rotatable bonds is 5. The van der Waals surface area contributed by atoms with Crippen molar-refractivity contribution in [2.24, 2.45) is 0 Å². The molecule has 0 saturated heterocycles. The first kappa shape index (κ1) is 15.0. The molecule has 0 bridgehead atoms. The predicted octanol–water partition coefficient (Wildman–Crippen LogP) is 2.04. The van der Waals surface area contributed by atoms with Gasteiger partial charge in [-0.15, -0.1) is 0 Å². The zero-order chi connectivity index (χ0) is 15.4. The van der Waals surface area contributed by atoms with Crippen molar-refractivity contribution < 1.29 is 9.18 Å². The Hall–Kier alpha value is -2.44. The average molecular weight is 291 g/mol. The molecular weight excluding hydrogens is 273 g/mol. The van der Waals surface area contributed by atoms with Gasteiger partial charge in [0.15, 0.2) is 0 Å². The van der Waals surface area contributed by atoms with Crippen LogP contribution in [0.5, 0.6) is 0 Å². The van der Waals surface area contributed by atoms with E-state index in [0.717, 1.165) is 11.6 Å². The highest BCUT2D eigenvalue weighted by Gasteiger charge is 2.07. The van der Waals surface area contributed by atoms with Crippen LogP contribution < -0.4 is 11.1 Å². The Morgan fingerprint density at radius 2 is 2.19 bits per heavy atom.